The number of nitrogens with two attached hydrogens (primary N) is 1. The summed E-state index contributed by atoms with van der Waals surface area (Å²) in [6, 6.07) is 12.9. The van der Waals surface area contributed by atoms with Crippen LogP contribution in [0.5, 0.6) is 0 Å². The molecule has 1 heterocycles. The lowest BCUT2D eigenvalue weighted by molar-refractivity contribution is 0.584. The minimum atomic E-state index is -3.49. The van der Waals surface area contributed by atoms with Gasteiger partial charge in [-0.2, -0.15) is 0 Å². The van der Waals surface area contributed by atoms with E-state index < -0.39 is 10.0 Å². The van der Waals surface area contributed by atoms with Crippen LogP contribution in [-0.2, 0) is 16.4 Å². The van der Waals surface area contributed by atoms with Gasteiger partial charge in [0.1, 0.15) is 9.20 Å². The molecule has 1 aromatic heterocycles. The van der Waals surface area contributed by atoms with Crippen molar-refractivity contribution in [1.82, 2.24) is 4.72 Å². The first-order valence-corrected chi connectivity index (χ1v) is 8.63. The minimum Gasteiger partial charge on any atom is -0.389 e. The highest BCUT2D eigenvalue weighted by Crippen LogP contribution is 2.21. The van der Waals surface area contributed by atoms with E-state index in [-0.39, 0.29) is 9.20 Å². The SMILES string of the molecule is NC(=S)c1ccc(S(=O)(=O)NCCc2ccccc2)s1. The van der Waals surface area contributed by atoms with Gasteiger partial charge in [-0.05, 0) is 24.1 Å². The fourth-order valence-corrected chi connectivity index (χ4v) is 4.07. The number of thiophene rings is 1. The zero-order valence-corrected chi connectivity index (χ0v) is 13.0. The van der Waals surface area contributed by atoms with Crippen molar-refractivity contribution in [3.05, 3.63) is 52.9 Å². The molecule has 0 radical (unpaired) electrons. The van der Waals surface area contributed by atoms with E-state index in [9.17, 15) is 8.42 Å². The van der Waals surface area contributed by atoms with E-state index in [4.69, 9.17) is 18.0 Å². The van der Waals surface area contributed by atoms with E-state index in [0.29, 0.717) is 17.8 Å². The second kappa shape index (κ2) is 6.45. The molecular formula is C13H14N2O2S3. The van der Waals surface area contributed by atoms with Gasteiger partial charge < -0.3 is 5.73 Å². The summed E-state index contributed by atoms with van der Waals surface area (Å²) in [5, 5.41) is 0. The van der Waals surface area contributed by atoms with Crippen molar-refractivity contribution in [2.45, 2.75) is 10.6 Å². The molecule has 106 valence electrons. The lowest BCUT2D eigenvalue weighted by atomic mass is 10.2. The lowest BCUT2D eigenvalue weighted by Gasteiger charge is -2.04. The van der Waals surface area contributed by atoms with Crippen LogP contribution in [0.25, 0.3) is 0 Å². The molecule has 0 bridgehead atoms. The Bertz CT molecular complexity index is 693. The van der Waals surface area contributed by atoms with Gasteiger partial charge in [-0.3, -0.25) is 0 Å². The first-order valence-electron chi connectivity index (χ1n) is 5.92. The maximum absolute atomic E-state index is 12.1. The maximum atomic E-state index is 12.1. The van der Waals surface area contributed by atoms with Gasteiger partial charge in [0.15, 0.2) is 0 Å². The zero-order chi connectivity index (χ0) is 14.6. The standard InChI is InChI=1S/C13H14N2O2S3/c14-13(18)11-6-7-12(19-11)20(16,17)15-9-8-10-4-2-1-3-5-10/h1-7,15H,8-9H2,(H2,14,18). The van der Waals surface area contributed by atoms with Gasteiger partial charge in [-0.15, -0.1) is 11.3 Å². The highest BCUT2D eigenvalue weighted by atomic mass is 32.2. The smallest absolute Gasteiger partial charge is 0.250 e. The Morgan fingerprint density at radius 1 is 1.20 bits per heavy atom. The van der Waals surface area contributed by atoms with Crippen LogP contribution in [0.3, 0.4) is 0 Å². The summed E-state index contributed by atoms with van der Waals surface area (Å²) in [7, 11) is -3.49. The van der Waals surface area contributed by atoms with Gasteiger partial charge in [-0.25, -0.2) is 13.1 Å². The van der Waals surface area contributed by atoms with Crippen LogP contribution < -0.4 is 10.5 Å². The molecule has 2 rings (SSSR count). The first-order chi connectivity index (χ1) is 9.49. The summed E-state index contributed by atoms with van der Waals surface area (Å²) in [6.07, 6.45) is 0.646. The molecule has 2 aromatic rings. The molecule has 4 nitrogen and oxygen atoms in total. The predicted molar refractivity (Wildman–Crippen MR) is 85.5 cm³/mol. The molecule has 0 atom stereocenters. The second-order valence-electron chi connectivity index (χ2n) is 4.12. The molecular weight excluding hydrogens is 312 g/mol. The van der Waals surface area contributed by atoms with Crippen molar-refractivity contribution in [2.75, 3.05) is 6.54 Å². The fourth-order valence-electron chi connectivity index (χ4n) is 1.64. The molecule has 0 spiro atoms. The molecule has 0 aliphatic carbocycles. The van der Waals surface area contributed by atoms with Crippen LogP contribution in [0, 0.1) is 0 Å². The summed E-state index contributed by atoms with van der Waals surface area (Å²) in [5.41, 5.74) is 6.56. The molecule has 0 saturated heterocycles. The summed E-state index contributed by atoms with van der Waals surface area (Å²) in [6.45, 7) is 0.354. The van der Waals surface area contributed by atoms with Crippen LogP contribution in [-0.4, -0.2) is 20.0 Å². The lowest BCUT2D eigenvalue weighted by Crippen LogP contribution is -2.25. The predicted octanol–water partition coefficient (Wildman–Crippen LogP) is 1.90. The third-order valence-electron chi connectivity index (χ3n) is 2.64. The number of thiocarbonyl (C=S) groups is 1. The van der Waals surface area contributed by atoms with Gasteiger partial charge in [0, 0.05) is 6.54 Å². The summed E-state index contributed by atoms with van der Waals surface area (Å²) < 4.78 is 27.0. The second-order valence-corrected chi connectivity index (χ2v) is 7.63. The summed E-state index contributed by atoms with van der Waals surface area (Å²) in [5.74, 6) is 0. The van der Waals surface area contributed by atoms with Crippen LogP contribution >= 0.6 is 23.6 Å². The average molecular weight is 326 g/mol. The number of benzene rings is 1. The molecule has 20 heavy (non-hydrogen) atoms. The van der Waals surface area contributed by atoms with Crippen molar-refractivity contribution in [3.63, 3.8) is 0 Å². The van der Waals surface area contributed by atoms with Crippen LogP contribution in [0.2, 0.25) is 0 Å². The largest absolute Gasteiger partial charge is 0.389 e. The Morgan fingerprint density at radius 2 is 1.90 bits per heavy atom. The molecule has 0 saturated carbocycles. The van der Waals surface area contributed by atoms with Crippen molar-refractivity contribution < 1.29 is 8.42 Å². The third kappa shape index (κ3) is 3.86. The number of rotatable bonds is 6. The molecule has 0 fully saturated rings. The summed E-state index contributed by atoms with van der Waals surface area (Å²) in [4.78, 5) is 0.809. The van der Waals surface area contributed by atoms with Crippen molar-refractivity contribution in [1.29, 1.82) is 0 Å². The van der Waals surface area contributed by atoms with Gasteiger partial charge in [0.25, 0.3) is 0 Å². The molecule has 0 aliphatic rings. The average Bonchev–Trinajstić information content (AvgIpc) is 2.90. The molecule has 3 N–H and O–H groups in total. The Morgan fingerprint density at radius 3 is 2.50 bits per heavy atom. The molecule has 0 aliphatic heterocycles. The quantitative estimate of drug-likeness (QED) is 0.795. The number of hydrogen-bond acceptors (Lipinski definition) is 4. The zero-order valence-electron chi connectivity index (χ0n) is 10.6. The van der Waals surface area contributed by atoms with E-state index >= 15 is 0 Å². The Hall–Kier alpha value is -1.28. The summed E-state index contributed by atoms with van der Waals surface area (Å²) >= 11 is 5.90. The van der Waals surface area contributed by atoms with Crippen LogP contribution in [0.4, 0.5) is 0 Å². The van der Waals surface area contributed by atoms with E-state index in [2.05, 4.69) is 4.72 Å². The third-order valence-corrected chi connectivity index (χ3v) is 6.06. The Balaban J connectivity index is 1.98. The maximum Gasteiger partial charge on any atom is 0.250 e. The van der Waals surface area contributed by atoms with Crippen LogP contribution in [0.15, 0.2) is 46.7 Å². The minimum absolute atomic E-state index is 0.209. The fraction of sp³-hybridized carbons (Fsp3) is 0.154. The first kappa shape index (κ1) is 15.1. The Labute approximate surface area is 127 Å². The Kier molecular flexibility index (Phi) is 4.87. The van der Waals surface area contributed by atoms with Crippen LogP contribution in [0.1, 0.15) is 10.4 Å². The number of sulfonamides is 1. The highest BCUT2D eigenvalue weighted by Gasteiger charge is 2.16. The monoisotopic (exact) mass is 326 g/mol. The number of hydrogen-bond donors (Lipinski definition) is 2. The van der Waals surface area contributed by atoms with Gasteiger partial charge >= 0.3 is 0 Å². The van der Waals surface area contributed by atoms with Crippen molar-refractivity contribution in [3.8, 4) is 0 Å². The van der Waals surface area contributed by atoms with Gasteiger partial charge in [0.05, 0.1) is 4.88 Å². The molecule has 7 heteroatoms. The van der Waals surface area contributed by atoms with Gasteiger partial charge in [0.2, 0.25) is 10.0 Å². The van der Waals surface area contributed by atoms with E-state index in [1.807, 2.05) is 30.3 Å². The van der Waals surface area contributed by atoms with E-state index in [0.717, 1.165) is 16.9 Å². The number of nitrogens with one attached hydrogen (secondary N) is 1. The topological polar surface area (TPSA) is 72.2 Å². The van der Waals surface area contributed by atoms with Crippen molar-refractivity contribution in [2.24, 2.45) is 5.73 Å². The van der Waals surface area contributed by atoms with E-state index in [1.54, 1.807) is 6.07 Å². The highest BCUT2D eigenvalue weighted by molar-refractivity contribution is 7.91. The molecule has 0 unspecified atom stereocenters. The normalized spacial score (nSPS) is 11.4. The van der Waals surface area contributed by atoms with E-state index in [1.165, 1.54) is 6.07 Å². The van der Waals surface area contributed by atoms with Gasteiger partial charge in [-0.1, -0.05) is 42.5 Å². The molecule has 1 aromatic carbocycles. The molecule has 0 amide bonds. The van der Waals surface area contributed by atoms with Crippen molar-refractivity contribution >= 4 is 38.6 Å².